The maximum absolute atomic E-state index is 12.8. The van der Waals surface area contributed by atoms with Gasteiger partial charge in [0.2, 0.25) is 5.91 Å². The van der Waals surface area contributed by atoms with Crippen molar-refractivity contribution in [3.8, 4) is 0 Å². The van der Waals surface area contributed by atoms with Crippen molar-refractivity contribution in [1.82, 2.24) is 10.3 Å². The summed E-state index contributed by atoms with van der Waals surface area (Å²) >= 11 is 0. The van der Waals surface area contributed by atoms with Gasteiger partial charge in [0.1, 0.15) is 0 Å². The van der Waals surface area contributed by atoms with E-state index in [-0.39, 0.29) is 17.9 Å². The van der Waals surface area contributed by atoms with E-state index >= 15 is 0 Å². The van der Waals surface area contributed by atoms with Gasteiger partial charge < -0.3 is 16.4 Å². The first-order chi connectivity index (χ1) is 13.1. The summed E-state index contributed by atoms with van der Waals surface area (Å²) in [6.45, 7) is 0.626. The van der Waals surface area contributed by atoms with Crippen LogP contribution in [0.1, 0.15) is 28.4 Å². The van der Waals surface area contributed by atoms with Gasteiger partial charge in [-0.15, -0.1) is 0 Å². The van der Waals surface area contributed by atoms with Crippen LogP contribution in [0.25, 0.3) is 10.9 Å². The molecular formula is C21H20N4O2. The minimum Gasteiger partial charge on any atom is -0.366 e. The van der Waals surface area contributed by atoms with Crippen LogP contribution in [0.5, 0.6) is 0 Å². The van der Waals surface area contributed by atoms with E-state index in [9.17, 15) is 9.59 Å². The van der Waals surface area contributed by atoms with Crippen molar-refractivity contribution >= 4 is 28.4 Å². The first kappa shape index (κ1) is 17.2. The summed E-state index contributed by atoms with van der Waals surface area (Å²) in [5, 5.41) is 7.11. The molecular weight excluding hydrogens is 340 g/mol. The Balaban J connectivity index is 1.54. The topological polar surface area (TPSA) is 97.1 Å². The predicted octanol–water partition coefficient (Wildman–Crippen LogP) is 2.62. The zero-order valence-corrected chi connectivity index (χ0v) is 14.7. The molecule has 0 aliphatic carbocycles. The molecule has 3 aromatic rings. The summed E-state index contributed by atoms with van der Waals surface area (Å²) in [6, 6.07) is 17.2. The van der Waals surface area contributed by atoms with Crippen LogP contribution >= 0.6 is 0 Å². The Morgan fingerprint density at radius 1 is 1.07 bits per heavy atom. The molecule has 136 valence electrons. The zero-order chi connectivity index (χ0) is 18.8. The number of amides is 2. The summed E-state index contributed by atoms with van der Waals surface area (Å²) in [7, 11) is 0. The van der Waals surface area contributed by atoms with Gasteiger partial charge in [-0.1, -0.05) is 30.3 Å². The summed E-state index contributed by atoms with van der Waals surface area (Å²) in [6.07, 6.45) is 2.34. The van der Waals surface area contributed by atoms with Crippen LogP contribution in [0.3, 0.4) is 0 Å². The van der Waals surface area contributed by atoms with E-state index in [0.717, 1.165) is 6.42 Å². The Kier molecular flexibility index (Phi) is 4.56. The quantitative estimate of drug-likeness (QED) is 0.666. The molecule has 0 radical (unpaired) electrons. The minimum atomic E-state index is -0.540. The van der Waals surface area contributed by atoms with Crippen molar-refractivity contribution < 1.29 is 9.59 Å². The highest BCUT2D eigenvalue weighted by atomic mass is 16.2. The lowest BCUT2D eigenvalue weighted by molar-refractivity contribution is -0.119. The molecule has 2 heterocycles. The van der Waals surface area contributed by atoms with E-state index in [4.69, 9.17) is 5.73 Å². The molecule has 2 atom stereocenters. The van der Waals surface area contributed by atoms with Gasteiger partial charge >= 0.3 is 0 Å². The summed E-state index contributed by atoms with van der Waals surface area (Å²) in [4.78, 5) is 28.7. The molecule has 4 N–H and O–H groups in total. The van der Waals surface area contributed by atoms with E-state index < -0.39 is 5.91 Å². The second-order valence-corrected chi connectivity index (χ2v) is 6.72. The van der Waals surface area contributed by atoms with Gasteiger partial charge in [-0.25, -0.2) is 0 Å². The highest BCUT2D eigenvalue weighted by molar-refractivity contribution is 6.10. The number of carbonyl (C=O) groups excluding carboxylic acids is 2. The van der Waals surface area contributed by atoms with Gasteiger partial charge in [0.25, 0.3) is 5.91 Å². The van der Waals surface area contributed by atoms with Crippen molar-refractivity contribution in [3.63, 3.8) is 0 Å². The van der Waals surface area contributed by atoms with Crippen LogP contribution in [-0.4, -0.2) is 23.3 Å². The molecule has 4 rings (SSSR count). The molecule has 1 unspecified atom stereocenters. The number of fused-ring (bicyclic) bond motifs is 1. The molecule has 1 aliphatic heterocycles. The number of nitrogens with one attached hydrogen (secondary N) is 2. The Hall–Kier alpha value is -3.25. The molecule has 2 aromatic carbocycles. The van der Waals surface area contributed by atoms with Crippen molar-refractivity contribution in [2.45, 2.75) is 12.5 Å². The first-order valence-corrected chi connectivity index (χ1v) is 8.90. The molecule has 1 fully saturated rings. The first-order valence-electron chi connectivity index (χ1n) is 8.90. The Morgan fingerprint density at radius 3 is 2.67 bits per heavy atom. The smallest absolute Gasteiger partial charge is 0.250 e. The number of nitrogens with zero attached hydrogens (tertiary/aromatic N) is 1. The van der Waals surface area contributed by atoms with Gasteiger partial charge in [0.15, 0.2) is 0 Å². The molecule has 1 aliphatic rings. The highest BCUT2D eigenvalue weighted by Crippen LogP contribution is 2.29. The lowest BCUT2D eigenvalue weighted by atomic mass is 9.99. The molecule has 1 aromatic heterocycles. The summed E-state index contributed by atoms with van der Waals surface area (Å²) in [5.41, 5.74) is 8.09. The maximum atomic E-state index is 12.8. The molecule has 1 saturated heterocycles. The normalized spacial score (nSPS) is 19.1. The largest absolute Gasteiger partial charge is 0.366 e. The summed E-state index contributed by atoms with van der Waals surface area (Å²) in [5.74, 6) is -0.710. The van der Waals surface area contributed by atoms with E-state index in [1.165, 1.54) is 5.56 Å². The number of hydrogen-bond donors (Lipinski definition) is 3. The number of nitrogens with two attached hydrogens (primary N) is 1. The number of pyridine rings is 1. The fourth-order valence-electron chi connectivity index (χ4n) is 3.59. The van der Waals surface area contributed by atoms with Crippen molar-refractivity contribution in [1.29, 1.82) is 0 Å². The fourth-order valence-corrected chi connectivity index (χ4v) is 3.59. The molecule has 0 bridgehead atoms. The Labute approximate surface area is 156 Å². The number of carbonyl (C=O) groups is 2. The SMILES string of the molecule is NC(=O)c1ccc(NC(=O)C2CN[C@H](c3ccccc3)C2)c2cccnc12. The monoisotopic (exact) mass is 360 g/mol. The number of rotatable bonds is 4. The van der Waals surface area contributed by atoms with E-state index in [0.29, 0.717) is 28.7 Å². The van der Waals surface area contributed by atoms with E-state index in [2.05, 4.69) is 27.8 Å². The zero-order valence-electron chi connectivity index (χ0n) is 14.7. The average molecular weight is 360 g/mol. The van der Waals surface area contributed by atoms with Gasteiger partial charge in [-0.3, -0.25) is 14.6 Å². The second kappa shape index (κ2) is 7.17. The van der Waals surface area contributed by atoms with Gasteiger partial charge in [-0.05, 0) is 36.2 Å². The molecule has 2 amide bonds. The average Bonchev–Trinajstić information content (AvgIpc) is 3.19. The number of benzene rings is 2. The predicted molar refractivity (Wildman–Crippen MR) is 104 cm³/mol. The maximum Gasteiger partial charge on any atom is 0.250 e. The molecule has 27 heavy (non-hydrogen) atoms. The summed E-state index contributed by atoms with van der Waals surface area (Å²) < 4.78 is 0. The van der Waals surface area contributed by atoms with Crippen LogP contribution in [0, 0.1) is 5.92 Å². The molecule has 6 nitrogen and oxygen atoms in total. The van der Waals surface area contributed by atoms with Crippen molar-refractivity contribution in [3.05, 3.63) is 71.9 Å². The lowest BCUT2D eigenvalue weighted by Crippen LogP contribution is -2.25. The lowest BCUT2D eigenvalue weighted by Gasteiger charge is -2.14. The number of anilines is 1. The molecule has 0 spiro atoms. The van der Waals surface area contributed by atoms with Crippen molar-refractivity contribution in [2.24, 2.45) is 11.7 Å². The van der Waals surface area contributed by atoms with Crippen LogP contribution in [0.4, 0.5) is 5.69 Å². The van der Waals surface area contributed by atoms with Crippen LogP contribution in [-0.2, 0) is 4.79 Å². The Bertz CT molecular complexity index is 1000. The molecule has 6 heteroatoms. The van der Waals surface area contributed by atoms with E-state index in [1.807, 2.05) is 24.3 Å². The standard InChI is InChI=1S/C21H20N4O2/c22-20(26)16-8-9-17(15-7-4-10-23-19(15)16)25-21(27)14-11-18(24-12-14)13-5-2-1-3-6-13/h1-10,14,18,24H,11-12H2,(H2,22,26)(H,25,27)/t14?,18-/m0/s1. The second-order valence-electron chi connectivity index (χ2n) is 6.72. The van der Waals surface area contributed by atoms with E-state index in [1.54, 1.807) is 24.4 Å². The third-order valence-corrected chi connectivity index (χ3v) is 5.00. The minimum absolute atomic E-state index is 0.0436. The van der Waals surface area contributed by atoms with Gasteiger partial charge in [-0.2, -0.15) is 0 Å². The van der Waals surface area contributed by atoms with Gasteiger partial charge in [0.05, 0.1) is 22.7 Å². The van der Waals surface area contributed by atoms with Gasteiger partial charge in [0, 0.05) is 24.2 Å². The highest BCUT2D eigenvalue weighted by Gasteiger charge is 2.30. The molecule has 0 saturated carbocycles. The van der Waals surface area contributed by atoms with Crippen LogP contribution < -0.4 is 16.4 Å². The number of hydrogen-bond acceptors (Lipinski definition) is 4. The third kappa shape index (κ3) is 3.39. The fraction of sp³-hybridized carbons (Fsp3) is 0.190. The van der Waals surface area contributed by atoms with Crippen LogP contribution in [0.15, 0.2) is 60.8 Å². The van der Waals surface area contributed by atoms with Crippen molar-refractivity contribution in [2.75, 3.05) is 11.9 Å². The number of primary amides is 1. The third-order valence-electron chi connectivity index (χ3n) is 5.00. The Morgan fingerprint density at radius 2 is 1.89 bits per heavy atom. The van der Waals surface area contributed by atoms with Crippen LogP contribution in [0.2, 0.25) is 0 Å². The number of aromatic nitrogens is 1.